The van der Waals surface area contributed by atoms with Gasteiger partial charge in [-0.15, -0.1) is 0 Å². The Balaban J connectivity index is 1.83. The molecule has 1 N–H and O–H groups in total. The van der Waals surface area contributed by atoms with Gasteiger partial charge < -0.3 is 10.2 Å². The number of halogens is 3. The van der Waals surface area contributed by atoms with Crippen molar-refractivity contribution in [2.45, 2.75) is 44.7 Å². The van der Waals surface area contributed by atoms with Crippen LogP contribution in [0.3, 0.4) is 0 Å². The van der Waals surface area contributed by atoms with Crippen molar-refractivity contribution in [3.63, 3.8) is 0 Å². The lowest BCUT2D eigenvalue weighted by atomic mass is 10.0. The van der Waals surface area contributed by atoms with E-state index >= 15 is 0 Å². The number of hydrogen-bond donors (Lipinski definition) is 1. The summed E-state index contributed by atoms with van der Waals surface area (Å²) in [6.07, 6.45) is 0.190. The third-order valence-electron chi connectivity index (χ3n) is 7.38. The van der Waals surface area contributed by atoms with Gasteiger partial charge >= 0.3 is 0 Å². The second-order valence-electron chi connectivity index (χ2n) is 11.4. The van der Waals surface area contributed by atoms with Gasteiger partial charge in [0.1, 0.15) is 12.6 Å². The van der Waals surface area contributed by atoms with E-state index in [1.54, 1.807) is 49.4 Å². The van der Waals surface area contributed by atoms with Crippen molar-refractivity contribution in [1.82, 2.24) is 10.2 Å². The Hall–Kier alpha value is -3.56. The maximum atomic E-state index is 14.6. The fourth-order valence-electron chi connectivity index (χ4n) is 4.90. The van der Waals surface area contributed by atoms with E-state index in [0.29, 0.717) is 38.4 Å². The molecule has 0 saturated heterocycles. The normalized spacial score (nSPS) is 12.1. The van der Waals surface area contributed by atoms with Crippen LogP contribution >= 0.6 is 34.8 Å². The number of nitrogens with one attached hydrogen (secondary N) is 1. The smallest absolute Gasteiger partial charge is 0.264 e. The Labute approximate surface area is 286 Å². The molecule has 4 aromatic carbocycles. The highest BCUT2D eigenvalue weighted by Crippen LogP contribution is 2.29. The van der Waals surface area contributed by atoms with Gasteiger partial charge in [0.15, 0.2) is 0 Å². The standard InChI is InChI=1S/C35H36Cl3N3O4S/c1-24(2)21-39-35(43)33(19-26-10-5-4-6-11-26)40(22-27-13-14-29(37)20-31(27)38)34(42)23-41(32-12-8-7-9-25(32)3)46(44,45)30-17-15-28(36)16-18-30/h4-18,20,24,33H,19,21-23H2,1-3H3,(H,39,43)/t33-/m0/s1. The van der Waals surface area contributed by atoms with Crippen molar-refractivity contribution < 1.29 is 18.0 Å². The largest absolute Gasteiger partial charge is 0.354 e. The summed E-state index contributed by atoms with van der Waals surface area (Å²) in [5, 5.41) is 4.08. The van der Waals surface area contributed by atoms with Gasteiger partial charge in [0.2, 0.25) is 11.8 Å². The number of para-hydroxylation sites is 1. The maximum Gasteiger partial charge on any atom is 0.264 e. The first kappa shape index (κ1) is 35.3. The van der Waals surface area contributed by atoms with Crippen molar-refractivity contribution in [1.29, 1.82) is 0 Å². The molecule has 2 amide bonds. The lowest BCUT2D eigenvalue weighted by Crippen LogP contribution is -2.53. The number of sulfonamides is 1. The first-order valence-electron chi connectivity index (χ1n) is 14.8. The number of nitrogens with zero attached hydrogens (tertiary/aromatic N) is 2. The third kappa shape index (κ3) is 9.04. The highest BCUT2D eigenvalue weighted by atomic mass is 35.5. The summed E-state index contributed by atoms with van der Waals surface area (Å²) in [5.74, 6) is -0.788. The van der Waals surface area contributed by atoms with Crippen LogP contribution in [0.1, 0.15) is 30.5 Å². The highest BCUT2D eigenvalue weighted by Gasteiger charge is 2.35. The summed E-state index contributed by atoms with van der Waals surface area (Å²) in [6.45, 7) is 5.48. The Morgan fingerprint density at radius 2 is 1.46 bits per heavy atom. The maximum absolute atomic E-state index is 14.6. The SMILES string of the molecule is Cc1ccccc1N(CC(=O)N(Cc1ccc(Cl)cc1Cl)[C@@H](Cc1ccccc1)C(=O)NCC(C)C)S(=O)(=O)c1ccc(Cl)cc1. The molecule has 0 spiro atoms. The van der Waals surface area contributed by atoms with Crippen LogP contribution in [0.2, 0.25) is 15.1 Å². The van der Waals surface area contributed by atoms with Gasteiger partial charge in [0.25, 0.3) is 10.0 Å². The quantitative estimate of drug-likeness (QED) is 0.156. The number of anilines is 1. The molecular weight excluding hydrogens is 665 g/mol. The zero-order valence-electron chi connectivity index (χ0n) is 25.8. The van der Waals surface area contributed by atoms with Crippen molar-refractivity contribution in [2.75, 3.05) is 17.4 Å². The van der Waals surface area contributed by atoms with Gasteiger partial charge in [-0.25, -0.2) is 8.42 Å². The molecule has 7 nitrogen and oxygen atoms in total. The van der Waals surface area contributed by atoms with Crippen LogP contribution in [0.15, 0.2) is 102 Å². The molecule has 242 valence electrons. The molecule has 11 heteroatoms. The first-order chi connectivity index (χ1) is 21.9. The van der Waals surface area contributed by atoms with Crippen LogP contribution in [0.5, 0.6) is 0 Å². The Morgan fingerprint density at radius 3 is 2.09 bits per heavy atom. The van der Waals surface area contributed by atoms with E-state index in [2.05, 4.69) is 5.32 Å². The summed E-state index contributed by atoms with van der Waals surface area (Å²) in [7, 11) is -4.25. The predicted molar refractivity (Wildman–Crippen MR) is 186 cm³/mol. The number of carbonyl (C=O) groups is 2. The molecular formula is C35H36Cl3N3O4S. The molecule has 0 unspecified atom stereocenters. The minimum Gasteiger partial charge on any atom is -0.354 e. The summed E-state index contributed by atoms with van der Waals surface area (Å²) < 4.78 is 29.4. The van der Waals surface area contributed by atoms with E-state index in [4.69, 9.17) is 34.8 Å². The molecule has 1 atom stereocenters. The Kier molecular flexibility index (Phi) is 12.1. The third-order valence-corrected chi connectivity index (χ3v) is 9.99. The molecule has 0 radical (unpaired) electrons. The molecule has 0 aliphatic rings. The van der Waals surface area contributed by atoms with E-state index in [9.17, 15) is 18.0 Å². The second-order valence-corrected chi connectivity index (χ2v) is 14.5. The Morgan fingerprint density at radius 1 is 0.826 bits per heavy atom. The van der Waals surface area contributed by atoms with Crippen LogP contribution in [0, 0.1) is 12.8 Å². The topological polar surface area (TPSA) is 86.8 Å². The average Bonchev–Trinajstić information content (AvgIpc) is 3.02. The van der Waals surface area contributed by atoms with E-state index < -0.39 is 28.5 Å². The number of amides is 2. The van der Waals surface area contributed by atoms with Gasteiger partial charge in [-0.2, -0.15) is 0 Å². The van der Waals surface area contributed by atoms with E-state index in [1.165, 1.54) is 29.2 Å². The molecule has 4 aromatic rings. The minimum atomic E-state index is -4.25. The number of hydrogen-bond acceptors (Lipinski definition) is 4. The lowest BCUT2D eigenvalue weighted by molar-refractivity contribution is -0.140. The number of benzene rings is 4. The number of aryl methyl sites for hydroxylation is 1. The summed E-state index contributed by atoms with van der Waals surface area (Å²) in [4.78, 5) is 29.8. The molecule has 0 bridgehead atoms. The molecule has 0 aliphatic heterocycles. The first-order valence-corrected chi connectivity index (χ1v) is 17.3. The van der Waals surface area contributed by atoms with Gasteiger partial charge in [0.05, 0.1) is 10.6 Å². The van der Waals surface area contributed by atoms with Crippen LogP contribution in [-0.4, -0.2) is 44.3 Å². The summed E-state index contributed by atoms with van der Waals surface area (Å²) in [6, 6.07) is 26.0. The lowest BCUT2D eigenvalue weighted by Gasteiger charge is -2.34. The van der Waals surface area contributed by atoms with Crippen LogP contribution in [0.25, 0.3) is 0 Å². The number of carbonyl (C=O) groups excluding carboxylic acids is 2. The average molecular weight is 701 g/mol. The minimum absolute atomic E-state index is 0.0317. The summed E-state index contributed by atoms with van der Waals surface area (Å²) in [5.41, 5.74) is 2.36. The zero-order valence-corrected chi connectivity index (χ0v) is 28.9. The fraction of sp³-hybridized carbons (Fsp3) is 0.257. The van der Waals surface area contributed by atoms with Gasteiger partial charge in [-0.3, -0.25) is 13.9 Å². The summed E-state index contributed by atoms with van der Waals surface area (Å²) >= 11 is 18.8. The fourth-order valence-corrected chi connectivity index (χ4v) is 6.97. The van der Waals surface area contributed by atoms with E-state index in [-0.39, 0.29) is 29.7 Å². The van der Waals surface area contributed by atoms with Crippen molar-refractivity contribution >= 4 is 62.3 Å². The van der Waals surface area contributed by atoms with Gasteiger partial charge in [-0.1, -0.05) is 103 Å². The Bertz CT molecular complexity index is 1770. The van der Waals surface area contributed by atoms with Gasteiger partial charge in [-0.05, 0) is 72.0 Å². The molecule has 0 fully saturated rings. The van der Waals surface area contributed by atoms with Gasteiger partial charge in [0, 0.05) is 34.6 Å². The molecule has 46 heavy (non-hydrogen) atoms. The number of rotatable bonds is 13. The van der Waals surface area contributed by atoms with Crippen molar-refractivity contribution in [2.24, 2.45) is 5.92 Å². The van der Waals surface area contributed by atoms with Crippen LogP contribution < -0.4 is 9.62 Å². The molecule has 0 heterocycles. The van der Waals surface area contributed by atoms with Crippen molar-refractivity contribution in [3.05, 3.63) is 129 Å². The molecule has 4 rings (SSSR count). The zero-order chi connectivity index (χ0) is 33.4. The molecule has 0 aliphatic carbocycles. The van der Waals surface area contributed by atoms with E-state index in [1.807, 2.05) is 44.2 Å². The highest BCUT2D eigenvalue weighted by molar-refractivity contribution is 7.92. The molecule has 0 aromatic heterocycles. The van der Waals surface area contributed by atoms with Crippen molar-refractivity contribution in [3.8, 4) is 0 Å². The predicted octanol–water partition coefficient (Wildman–Crippen LogP) is 7.56. The monoisotopic (exact) mass is 699 g/mol. The molecule has 0 saturated carbocycles. The second kappa shape index (κ2) is 15.8. The van der Waals surface area contributed by atoms with Crippen LogP contribution in [0.4, 0.5) is 5.69 Å². The van der Waals surface area contributed by atoms with E-state index in [0.717, 1.165) is 9.87 Å². The van der Waals surface area contributed by atoms with Crippen LogP contribution in [-0.2, 0) is 32.6 Å².